The summed E-state index contributed by atoms with van der Waals surface area (Å²) < 4.78 is 0. The molecule has 0 aliphatic rings. The molecule has 0 aliphatic heterocycles. The summed E-state index contributed by atoms with van der Waals surface area (Å²) in [6, 6.07) is 13.3. The third kappa shape index (κ3) is 2.84. The summed E-state index contributed by atoms with van der Waals surface area (Å²) in [4.78, 5) is 11.5. The van der Waals surface area contributed by atoms with Crippen molar-refractivity contribution in [3.63, 3.8) is 0 Å². The van der Waals surface area contributed by atoms with Crippen molar-refractivity contribution in [2.75, 3.05) is 0 Å². The molecule has 0 fully saturated rings. The minimum atomic E-state index is -1.11. The molecule has 0 saturated heterocycles. The van der Waals surface area contributed by atoms with Crippen LogP contribution in [0.4, 0.5) is 0 Å². The first-order chi connectivity index (χ1) is 10.2. The Morgan fingerprint density at radius 2 is 1.68 bits per heavy atom. The molecule has 0 saturated carbocycles. The van der Waals surface area contributed by atoms with E-state index in [9.17, 15) is 15.0 Å². The van der Waals surface area contributed by atoms with E-state index in [0.29, 0.717) is 5.56 Å². The van der Waals surface area contributed by atoms with Crippen LogP contribution in [0, 0.1) is 0 Å². The highest BCUT2D eigenvalue weighted by atomic mass is 16.4. The van der Waals surface area contributed by atoms with Crippen LogP contribution in [0.25, 0.3) is 0 Å². The van der Waals surface area contributed by atoms with E-state index in [1.54, 1.807) is 6.07 Å². The minimum absolute atomic E-state index is 0.0368. The molecule has 0 radical (unpaired) electrons. The molecular formula is C19H22O3. The first-order valence-corrected chi connectivity index (χ1v) is 7.41. The van der Waals surface area contributed by atoms with Crippen LogP contribution >= 0.6 is 0 Å². The Morgan fingerprint density at radius 1 is 1.09 bits per heavy atom. The summed E-state index contributed by atoms with van der Waals surface area (Å²) >= 11 is 0. The van der Waals surface area contributed by atoms with Crippen LogP contribution < -0.4 is 0 Å². The van der Waals surface area contributed by atoms with Crippen molar-refractivity contribution in [1.29, 1.82) is 0 Å². The van der Waals surface area contributed by atoms with E-state index in [0.717, 1.165) is 11.1 Å². The summed E-state index contributed by atoms with van der Waals surface area (Å²) in [6.07, 6.45) is 0. The molecular weight excluding hydrogens is 276 g/mol. The highest BCUT2D eigenvalue weighted by Gasteiger charge is 2.29. The highest BCUT2D eigenvalue weighted by Crippen LogP contribution is 2.40. The van der Waals surface area contributed by atoms with E-state index in [1.165, 1.54) is 0 Å². The molecule has 0 heterocycles. The fraction of sp³-hybridized carbons (Fsp3) is 0.316. The zero-order valence-electron chi connectivity index (χ0n) is 13.4. The molecule has 22 heavy (non-hydrogen) atoms. The molecule has 3 heteroatoms. The maximum absolute atomic E-state index is 11.5. The Hall–Kier alpha value is -2.29. The number of hydrogen-bond acceptors (Lipinski definition) is 2. The third-order valence-electron chi connectivity index (χ3n) is 4.20. The predicted octanol–water partition coefficient (Wildman–Crippen LogP) is 4.54. The number of carbonyl (C=O) groups is 1. The average molecular weight is 298 g/mol. The number of hydrogen-bond donors (Lipinski definition) is 2. The number of benzene rings is 2. The molecule has 0 bridgehead atoms. The fourth-order valence-electron chi connectivity index (χ4n) is 2.64. The number of aromatic hydroxyl groups is 1. The van der Waals surface area contributed by atoms with Crippen LogP contribution in [-0.4, -0.2) is 16.2 Å². The normalized spacial score (nSPS) is 11.7. The standard InChI is InChI=1S/C19H22O3/c1-12(2)13-10-15(18(21)22)17(20)16(11-13)19(3,4)14-8-6-5-7-9-14/h5-12,20H,1-4H3,(H,21,22). The van der Waals surface area contributed by atoms with Crippen molar-refractivity contribution in [2.45, 2.75) is 39.0 Å². The largest absolute Gasteiger partial charge is 0.507 e. The maximum Gasteiger partial charge on any atom is 0.339 e. The van der Waals surface area contributed by atoms with E-state index >= 15 is 0 Å². The Balaban J connectivity index is 2.71. The topological polar surface area (TPSA) is 57.5 Å². The second kappa shape index (κ2) is 5.84. The van der Waals surface area contributed by atoms with E-state index in [4.69, 9.17) is 0 Å². The second-order valence-electron chi connectivity index (χ2n) is 6.42. The molecule has 0 aliphatic carbocycles. The Kier molecular flexibility index (Phi) is 4.27. The molecule has 0 atom stereocenters. The molecule has 0 amide bonds. The zero-order valence-corrected chi connectivity index (χ0v) is 13.4. The Morgan fingerprint density at radius 3 is 2.18 bits per heavy atom. The second-order valence-corrected chi connectivity index (χ2v) is 6.42. The van der Waals surface area contributed by atoms with Crippen molar-refractivity contribution in [2.24, 2.45) is 0 Å². The summed E-state index contributed by atoms with van der Waals surface area (Å²) in [6.45, 7) is 8.01. The number of phenols is 1. The van der Waals surface area contributed by atoms with Gasteiger partial charge in [-0.1, -0.05) is 64.1 Å². The highest BCUT2D eigenvalue weighted by molar-refractivity contribution is 5.92. The first kappa shape index (κ1) is 16.1. The first-order valence-electron chi connectivity index (χ1n) is 7.41. The molecule has 2 aromatic carbocycles. The predicted molar refractivity (Wildman–Crippen MR) is 87.7 cm³/mol. The average Bonchev–Trinajstić information content (AvgIpc) is 2.47. The quantitative estimate of drug-likeness (QED) is 0.871. The van der Waals surface area contributed by atoms with Crippen LogP contribution in [0.5, 0.6) is 5.75 Å². The van der Waals surface area contributed by atoms with Gasteiger partial charge in [0.05, 0.1) is 0 Å². The number of aromatic carboxylic acids is 1. The molecule has 2 aromatic rings. The molecule has 0 aromatic heterocycles. The molecule has 2 N–H and O–H groups in total. The van der Waals surface area contributed by atoms with Crippen LogP contribution in [0.3, 0.4) is 0 Å². The smallest absolute Gasteiger partial charge is 0.339 e. The van der Waals surface area contributed by atoms with Gasteiger partial charge >= 0.3 is 5.97 Å². The fourth-order valence-corrected chi connectivity index (χ4v) is 2.64. The lowest BCUT2D eigenvalue weighted by Crippen LogP contribution is -2.20. The minimum Gasteiger partial charge on any atom is -0.507 e. The number of rotatable bonds is 4. The van der Waals surface area contributed by atoms with Crippen molar-refractivity contribution in [3.05, 3.63) is 64.7 Å². The number of carboxylic acid groups (broad SMARTS) is 1. The van der Waals surface area contributed by atoms with Gasteiger partial charge in [0.25, 0.3) is 0 Å². The van der Waals surface area contributed by atoms with Crippen molar-refractivity contribution >= 4 is 5.97 Å². The summed E-state index contributed by atoms with van der Waals surface area (Å²) in [5.74, 6) is -1.07. The van der Waals surface area contributed by atoms with Crippen molar-refractivity contribution in [3.8, 4) is 5.75 Å². The maximum atomic E-state index is 11.5. The Labute approximate surface area is 131 Å². The van der Waals surface area contributed by atoms with Gasteiger partial charge in [0, 0.05) is 11.0 Å². The van der Waals surface area contributed by atoms with Gasteiger partial charge in [-0.15, -0.1) is 0 Å². The van der Waals surface area contributed by atoms with E-state index in [1.807, 2.05) is 64.1 Å². The van der Waals surface area contributed by atoms with Gasteiger partial charge in [0.1, 0.15) is 11.3 Å². The zero-order chi connectivity index (χ0) is 16.5. The molecule has 2 rings (SSSR count). The van der Waals surface area contributed by atoms with Gasteiger partial charge < -0.3 is 10.2 Å². The van der Waals surface area contributed by atoms with Crippen LogP contribution in [-0.2, 0) is 5.41 Å². The summed E-state index contributed by atoms with van der Waals surface area (Å²) in [5.41, 5.74) is 2.06. The molecule has 3 nitrogen and oxygen atoms in total. The van der Waals surface area contributed by atoms with Crippen molar-refractivity contribution < 1.29 is 15.0 Å². The van der Waals surface area contributed by atoms with Crippen LogP contribution in [0.2, 0.25) is 0 Å². The van der Waals surface area contributed by atoms with Gasteiger partial charge in [0.2, 0.25) is 0 Å². The number of carboxylic acids is 1. The van der Waals surface area contributed by atoms with Crippen LogP contribution in [0.15, 0.2) is 42.5 Å². The van der Waals surface area contributed by atoms with Gasteiger partial charge in [-0.25, -0.2) is 4.79 Å². The monoisotopic (exact) mass is 298 g/mol. The van der Waals surface area contributed by atoms with Crippen LogP contribution in [0.1, 0.15) is 60.7 Å². The third-order valence-corrected chi connectivity index (χ3v) is 4.20. The lowest BCUT2D eigenvalue weighted by molar-refractivity contribution is 0.0693. The van der Waals surface area contributed by atoms with E-state index in [-0.39, 0.29) is 17.2 Å². The van der Waals surface area contributed by atoms with E-state index < -0.39 is 11.4 Å². The van der Waals surface area contributed by atoms with Gasteiger partial charge in [-0.3, -0.25) is 0 Å². The molecule has 0 unspecified atom stereocenters. The summed E-state index contributed by atoms with van der Waals surface area (Å²) in [7, 11) is 0. The lowest BCUT2D eigenvalue weighted by atomic mass is 9.76. The molecule has 0 spiro atoms. The van der Waals surface area contributed by atoms with E-state index in [2.05, 4.69) is 0 Å². The van der Waals surface area contributed by atoms with Crippen molar-refractivity contribution in [1.82, 2.24) is 0 Å². The molecule has 116 valence electrons. The summed E-state index contributed by atoms with van der Waals surface area (Å²) in [5, 5.41) is 19.9. The van der Waals surface area contributed by atoms with Gasteiger partial charge in [-0.2, -0.15) is 0 Å². The Bertz CT molecular complexity index is 685. The lowest BCUT2D eigenvalue weighted by Gasteiger charge is -2.28. The van der Waals surface area contributed by atoms with Gasteiger partial charge in [-0.05, 0) is 23.1 Å². The SMILES string of the molecule is CC(C)c1cc(C(=O)O)c(O)c(C(C)(C)c2ccccc2)c1. The van der Waals surface area contributed by atoms with Gasteiger partial charge in [0.15, 0.2) is 0 Å².